The number of aromatic nitrogens is 1. The summed E-state index contributed by atoms with van der Waals surface area (Å²) in [5.74, 6) is 0.505. The van der Waals surface area contributed by atoms with Gasteiger partial charge in [0, 0.05) is 23.9 Å². The third-order valence-electron chi connectivity index (χ3n) is 6.64. The molecule has 1 aliphatic rings. The van der Waals surface area contributed by atoms with Gasteiger partial charge in [0.05, 0.1) is 5.69 Å². The predicted octanol–water partition coefficient (Wildman–Crippen LogP) is 7.90. The van der Waals surface area contributed by atoms with Crippen molar-refractivity contribution in [1.29, 1.82) is 0 Å². The van der Waals surface area contributed by atoms with E-state index in [4.69, 9.17) is 4.98 Å². The van der Waals surface area contributed by atoms with Crippen LogP contribution in [0.4, 0.5) is 4.39 Å². The van der Waals surface area contributed by atoms with E-state index in [1.54, 1.807) is 0 Å². The maximum Gasteiger partial charge on any atom is 0.103 e. The first kappa shape index (κ1) is 20.5. The second-order valence-electron chi connectivity index (χ2n) is 8.31. The summed E-state index contributed by atoms with van der Waals surface area (Å²) in [5, 5.41) is 2.32. The van der Waals surface area contributed by atoms with Crippen LogP contribution in [0.15, 0.2) is 66.2 Å². The lowest BCUT2D eigenvalue weighted by Crippen LogP contribution is -2.34. The molecule has 0 spiro atoms. The third-order valence-corrected chi connectivity index (χ3v) is 6.64. The van der Waals surface area contributed by atoms with Gasteiger partial charge in [0.2, 0.25) is 0 Å². The van der Waals surface area contributed by atoms with Crippen LogP contribution in [0.3, 0.4) is 0 Å². The van der Waals surface area contributed by atoms with Gasteiger partial charge in [-0.05, 0) is 47.3 Å². The van der Waals surface area contributed by atoms with E-state index in [2.05, 4.69) is 64.1 Å². The number of fused-ring (bicyclic) bond motifs is 1. The lowest BCUT2D eigenvalue weighted by atomic mass is 9.61. The average Bonchev–Trinajstić information content (AvgIpc) is 2.72. The molecule has 1 nitrogen and oxygen atoms in total. The van der Waals surface area contributed by atoms with E-state index in [1.165, 1.54) is 11.0 Å². The van der Waals surface area contributed by atoms with Crippen molar-refractivity contribution in [2.75, 3.05) is 0 Å². The lowest BCUT2D eigenvalue weighted by molar-refractivity contribution is 0.191. The highest BCUT2D eigenvalue weighted by atomic mass is 19.1. The fourth-order valence-corrected chi connectivity index (χ4v) is 4.44. The van der Waals surface area contributed by atoms with Gasteiger partial charge in [-0.25, -0.2) is 4.39 Å². The number of hydrogen-bond acceptors (Lipinski definition) is 1. The van der Waals surface area contributed by atoms with Crippen LogP contribution in [0.5, 0.6) is 0 Å². The largest absolute Gasteiger partial charge is 0.256 e. The summed E-state index contributed by atoms with van der Waals surface area (Å²) >= 11 is 0. The van der Waals surface area contributed by atoms with Gasteiger partial charge in [-0.1, -0.05) is 76.6 Å². The molecule has 1 aliphatic carbocycles. The van der Waals surface area contributed by atoms with Crippen molar-refractivity contribution in [1.82, 2.24) is 4.98 Å². The summed E-state index contributed by atoms with van der Waals surface area (Å²) in [6.45, 7) is 10.8. The highest BCUT2D eigenvalue weighted by molar-refractivity contribution is 5.93. The standard InChI is InChI=1S/C26H32FN/c1-6-8-14-26(5,19(4)7-2)23-17-24(27)18(3)16-22(23)25-21-12-10-9-11-20(21)13-15-28-25/h8-16,19,23H,6-7,17H2,1-5H3. The fraction of sp³-hybridized carbons (Fsp3) is 0.423. The molecule has 148 valence electrons. The third kappa shape index (κ3) is 3.70. The molecule has 0 fully saturated rings. The molecule has 3 atom stereocenters. The van der Waals surface area contributed by atoms with Gasteiger partial charge in [-0.15, -0.1) is 0 Å². The molecule has 2 aromatic rings. The van der Waals surface area contributed by atoms with Crippen LogP contribution in [-0.4, -0.2) is 4.98 Å². The highest BCUT2D eigenvalue weighted by Crippen LogP contribution is 2.51. The van der Waals surface area contributed by atoms with E-state index >= 15 is 0 Å². The zero-order valence-electron chi connectivity index (χ0n) is 17.8. The summed E-state index contributed by atoms with van der Waals surface area (Å²) in [7, 11) is 0. The van der Waals surface area contributed by atoms with Gasteiger partial charge in [-0.3, -0.25) is 4.98 Å². The van der Waals surface area contributed by atoms with Crippen LogP contribution in [0.1, 0.15) is 59.6 Å². The van der Waals surface area contributed by atoms with Gasteiger partial charge in [0.15, 0.2) is 0 Å². The number of benzene rings is 1. The second-order valence-corrected chi connectivity index (χ2v) is 8.31. The number of pyridine rings is 1. The van der Waals surface area contributed by atoms with E-state index in [1.807, 2.05) is 25.3 Å². The summed E-state index contributed by atoms with van der Waals surface area (Å²) < 4.78 is 14.8. The van der Waals surface area contributed by atoms with Crippen LogP contribution in [0.25, 0.3) is 16.3 Å². The van der Waals surface area contributed by atoms with Gasteiger partial charge >= 0.3 is 0 Å². The van der Waals surface area contributed by atoms with Crippen LogP contribution in [0.2, 0.25) is 0 Å². The minimum absolute atomic E-state index is 0.00779. The molecule has 0 amide bonds. The Balaban J connectivity index is 2.22. The zero-order chi connectivity index (χ0) is 20.3. The maximum absolute atomic E-state index is 14.8. The summed E-state index contributed by atoms with van der Waals surface area (Å²) in [5.41, 5.74) is 2.76. The molecule has 3 rings (SSSR count). The van der Waals surface area contributed by atoms with Crippen LogP contribution in [-0.2, 0) is 0 Å². The summed E-state index contributed by atoms with van der Waals surface area (Å²) in [6, 6.07) is 10.4. The Morgan fingerprint density at radius 1 is 1.25 bits per heavy atom. The molecular weight excluding hydrogens is 345 g/mol. The minimum atomic E-state index is -0.132. The predicted molar refractivity (Wildman–Crippen MR) is 119 cm³/mol. The number of halogens is 1. The highest BCUT2D eigenvalue weighted by Gasteiger charge is 2.41. The van der Waals surface area contributed by atoms with E-state index in [0.29, 0.717) is 12.3 Å². The Morgan fingerprint density at radius 3 is 2.71 bits per heavy atom. The SMILES string of the molecule is CCC=CC(C)(C(C)CC)C1CC(F)=C(C)C=C1c1nccc2ccccc12. The molecule has 2 heteroatoms. The number of nitrogens with zero attached hydrogens (tertiary/aromatic N) is 1. The molecule has 0 saturated heterocycles. The molecule has 0 bridgehead atoms. The fourth-order valence-electron chi connectivity index (χ4n) is 4.44. The monoisotopic (exact) mass is 377 g/mol. The Labute approximate surface area is 169 Å². The first-order valence-corrected chi connectivity index (χ1v) is 10.5. The molecule has 0 aliphatic heterocycles. The molecule has 3 unspecified atom stereocenters. The lowest BCUT2D eigenvalue weighted by Gasteiger charge is -2.43. The Bertz CT molecular complexity index is 931. The van der Waals surface area contributed by atoms with Crippen LogP contribution < -0.4 is 0 Å². The zero-order valence-corrected chi connectivity index (χ0v) is 17.8. The topological polar surface area (TPSA) is 12.9 Å². The van der Waals surface area contributed by atoms with Crippen molar-refractivity contribution in [3.8, 4) is 0 Å². The molecule has 1 aromatic heterocycles. The van der Waals surface area contributed by atoms with Crippen molar-refractivity contribution in [3.05, 3.63) is 71.9 Å². The van der Waals surface area contributed by atoms with Gasteiger partial charge in [0.25, 0.3) is 0 Å². The van der Waals surface area contributed by atoms with E-state index in [9.17, 15) is 4.39 Å². The summed E-state index contributed by atoms with van der Waals surface area (Å²) in [6.07, 6.45) is 11.0. The van der Waals surface area contributed by atoms with E-state index in [0.717, 1.165) is 29.5 Å². The molecule has 0 N–H and O–H groups in total. The number of allylic oxidation sites excluding steroid dienone is 6. The Morgan fingerprint density at radius 2 is 2.00 bits per heavy atom. The first-order chi connectivity index (χ1) is 13.4. The normalized spacial score (nSPS) is 21.1. The van der Waals surface area contributed by atoms with Gasteiger partial charge in [0.1, 0.15) is 5.83 Å². The van der Waals surface area contributed by atoms with Crippen molar-refractivity contribution in [2.24, 2.45) is 17.3 Å². The van der Waals surface area contributed by atoms with Crippen molar-refractivity contribution in [2.45, 2.75) is 53.9 Å². The maximum atomic E-state index is 14.8. The van der Waals surface area contributed by atoms with Crippen molar-refractivity contribution >= 4 is 16.3 Å². The quantitative estimate of drug-likeness (QED) is 0.466. The van der Waals surface area contributed by atoms with Crippen LogP contribution >= 0.6 is 0 Å². The first-order valence-electron chi connectivity index (χ1n) is 10.5. The molecular formula is C26H32FN. The van der Waals surface area contributed by atoms with E-state index in [-0.39, 0.29) is 17.2 Å². The summed E-state index contributed by atoms with van der Waals surface area (Å²) in [4.78, 5) is 4.78. The smallest absolute Gasteiger partial charge is 0.103 e. The Hall–Kier alpha value is -2.22. The number of hydrogen-bond donors (Lipinski definition) is 0. The average molecular weight is 378 g/mol. The molecule has 0 radical (unpaired) electrons. The van der Waals surface area contributed by atoms with E-state index < -0.39 is 0 Å². The van der Waals surface area contributed by atoms with Crippen molar-refractivity contribution in [3.63, 3.8) is 0 Å². The molecule has 1 aromatic carbocycles. The van der Waals surface area contributed by atoms with Gasteiger partial charge < -0.3 is 0 Å². The molecule has 0 saturated carbocycles. The molecule has 28 heavy (non-hydrogen) atoms. The second kappa shape index (κ2) is 8.43. The van der Waals surface area contributed by atoms with Gasteiger partial charge in [-0.2, -0.15) is 0 Å². The molecule has 1 heterocycles. The minimum Gasteiger partial charge on any atom is -0.256 e. The number of rotatable bonds is 6. The van der Waals surface area contributed by atoms with Crippen LogP contribution in [0, 0.1) is 17.3 Å². The Kier molecular flexibility index (Phi) is 6.17. The van der Waals surface area contributed by atoms with Crippen molar-refractivity contribution < 1.29 is 4.39 Å².